The summed E-state index contributed by atoms with van der Waals surface area (Å²) in [6.07, 6.45) is 9.57. The van der Waals surface area contributed by atoms with E-state index in [1.54, 1.807) is 4.90 Å². The third-order valence-electron chi connectivity index (χ3n) is 12.7. The number of carbonyl (C=O) groups excluding carboxylic acids is 7. The van der Waals surface area contributed by atoms with Crippen LogP contribution in [0.4, 0.5) is 4.79 Å². The molecule has 0 bridgehead atoms. The molecule has 13 heteroatoms. The monoisotopic (exact) mass is 769 g/mol. The van der Waals surface area contributed by atoms with E-state index in [9.17, 15) is 33.6 Å². The summed E-state index contributed by atoms with van der Waals surface area (Å²) in [5.74, 6) is -3.11. The summed E-state index contributed by atoms with van der Waals surface area (Å²) < 4.78 is 0. The van der Waals surface area contributed by atoms with Crippen LogP contribution >= 0.6 is 0 Å². The number of imide groups is 1. The van der Waals surface area contributed by atoms with Crippen LogP contribution < -0.4 is 21.3 Å². The second kappa shape index (κ2) is 18.0. The van der Waals surface area contributed by atoms with Crippen LogP contribution in [0.5, 0.6) is 0 Å². The van der Waals surface area contributed by atoms with Gasteiger partial charge in [0.15, 0.2) is 0 Å². The molecule has 0 spiro atoms. The number of rotatable bonds is 15. The minimum absolute atomic E-state index is 0.0169. The van der Waals surface area contributed by atoms with Crippen molar-refractivity contribution < 1.29 is 33.6 Å². The van der Waals surface area contributed by atoms with Crippen molar-refractivity contribution in [2.24, 2.45) is 34.0 Å². The van der Waals surface area contributed by atoms with Crippen LogP contribution in [-0.4, -0.2) is 95.0 Å². The normalized spacial score (nSPS) is 25.3. The van der Waals surface area contributed by atoms with Gasteiger partial charge in [0.05, 0.1) is 12.1 Å². The van der Waals surface area contributed by atoms with Gasteiger partial charge in [0.2, 0.25) is 29.4 Å². The largest absolute Gasteiger partial charge is 0.346 e. The van der Waals surface area contributed by atoms with E-state index in [-0.39, 0.29) is 73.2 Å². The number of unbranched alkanes of at least 4 members (excludes halogenated alkanes) is 1. The van der Waals surface area contributed by atoms with Crippen molar-refractivity contribution in [3.63, 3.8) is 0 Å². The maximum atomic E-state index is 15.0. The molecule has 1 unspecified atom stereocenters. The quantitative estimate of drug-likeness (QED) is 0.107. The zero-order chi connectivity index (χ0) is 40.9. The lowest BCUT2D eigenvalue weighted by atomic mass is 9.79. The Morgan fingerprint density at radius 3 is 2.15 bits per heavy atom. The molecule has 4 aliphatic rings. The first-order valence-electron chi connectivity index (χ1n) is 20.6. The molecule has 0 radical (unpaired) electrons. The Balaban J connectivity index is 1.60. The summed E-state index contributed by atoms with van der Waals surface area (Å²) in [4.78, 5) is 98.5. The van der Waals surface area contributed by atoms with Crippen LogP contribution in [0.25, 0.3) is 0 Å². The predicted octanol–water partition coefficient (Wildman–Crippen LogP) is 4.63. The highest BCUT2D eigenvalue weighted by Gasteiger charge is 2.57. The number of carbonyl (C=O) groups is 7. The highest BCUT2D eigenvalue weighted by Crippen LogP contribution is 2.53. The molecule has 55 heavy (non-hydrogen) atoms. The number of piperidine rings is 1. The fourth-order valence-corrected chi connectivity index (χ4v) is 9.23. The van der Waals surface area contributed by atoms with E-state index in [4.69, 9.17) is 0 Å². The summed E-state index contributed by atoms with van der Waals surface area (Å²) in [5.41, 5.74) is -1.10. The molecule has 0 aromatic heterocycles. The lowest BCUT2D eigenvalue weighted by Crippen LogP contribution is -2.62. The number of nitrogens with one attached hydrogen (secondary N) is 4. The number of ketones is 1. The summed E-state index contributed by atoms with van der Waals surface area (Å²) in [7, 11) is 0. The molecule has 6 atom stereocenters. The SMILES string of the molecule is C=CCNC(=O)C(=O)C(CCCC)NC(=O)[C@@H]1[C@H]2CCC(C)(C)[C@H]2CN1C(=O)[C@@H](NC(=O)N[C@H](CN1C(=O)CC(C)(C)CC1=O)C(C)(C)C)C1CCCCC1. The third-order valence-corrected chi connectivity index (χ3v) is 12.7. The molecule has 7 amide bonds. The molecule has 2 saturated carbocycles. The van der Waals surface area contributed by atoms with Crippen LogP contribution in [0.15, 0.2) is 12.7 Å². The first-order chi connectivity index (χ1) is 25.7. The van der Waals surface area contributed by atoms with Crippen molar-refractivity contribution in [2.45, 2.75) is 157 Å². The maximum absolute atomic E-state index is 15.0. The van der Waals surface area contributed by atoms with E-state index in [1.807, 2.05) is 41.5 Å². The first kappa shape index (κ1) is 44.0. The van der Waals surface area contributed by atoms with Gasteiger partial charge in [-0.15, -0.1) is 6.58 Å². The lowest BCUT2D eigenvalue weighted by molar-refractivity contribution is -0.153. The minimum Gasteiger partial charge on any atom is -0.346 e. The van der Waals surface area contributed by atoms with Crippen molar-refractivity contribution >= 4 is 41.4 Å². The van der Waals surface area contributed by atoms with Crippen molar-refractivity contribution in [3.8, 4) is 0 Å². The number of Topliss-reactive ketones (excluding diaryl/α,β-unsaturated/α-hetero) is 1. The summed E-state index contributed by atoms with van der Waals surface area (Å²) in [6.45, 7) is 19.9. The number of likely N-dealkylation sites (tertiary alicyclic amines) is 2. The number of hydrogen-bond acceptors (Lipinski definition) is 7. The number of nitrogens with zero attached hydrogens (tertiary/aromatic N) is 2. The second-order valence-corrected chi connectivity index (χ2v) is 19.1. The standard InChI is InChI=1S/C42H68N6O7/c1-10-12-18-29(35(51)37(53)43-21-11-2)44-36(52)34-27-19-20-42(8,9)28(27)24-48(34)38(54)33(26-16-14-13-15-17-26)46-39(55)45-30(40(3,4)5)25-47-31(49)22-41(6,7)23-32(47)50/h11,26-30,33-34H,2,10,12-25H2,1,3-9H3,(H,43,53)(H,44,52)(H2,45,46,55)/t27-,28-,29?,30+,33-,34-/m0/s1. The van der Waals surface area contributed by atoms with Gasteiger partial charge in [-0.2, -0.15) is 0 Å². The molecule has 2 heterocycles. The Morgan fingerprint density at radius 1 is 0.927 bits per heavy atom. The average molecular weight is 769 g/mol. The topological polar surface area (TPSA) is 174 Å². The van der Waals surface area contributed by atoms with Crippen molar-refractivity contribution in [3.05, 3.63) is 12.7 Å². The van der Waals surface area contributed by atoms with E-state index < -0.39 is 58.6 Å². The van der Waals surface area contributed by atoms with Crippen LogP contribution in [0.1, 0.15) is 132 Å². The van der Waals surface area contributed by atoms with Crippen molar-refractivity contribution in [2.75, 3.05) is 19.6 Å². The van der Waals surface area contributed by atoms with Crippen LogP contribution in [0.2, 0.25) is 0 Å². The summed E-state index contributed by atoms with van der Waals surface area (Å²) in [6, 6.07) is -4.00. The molecule has 0 aromatic carbocycles. The highest BCUT2D eigenvalue weighted by atomic mass is 16.2. The van der Waals surface area contributed by atoms with Crippen LogP contribution in [0.3, 0.4) is 0 Å². The van der Waals surface area contributed by atoms with E-state index >= 15 is 0 Å². The predicted molar refractivity (Wildman–Crippen MR) is 210 cm³/mol. The van der Waals surface area contributed by atoms with Gasteiger partial charge in [-0.1, -0.05) is 93.6 Å². The zero-order valence-electron chi connectivity index (χ0n) is 34.7. The smallest absolute Gasteiger partial charge is 0.315 e. The first-order valence-corrected chi connectivity index (χ1v) is 20.6. The fraction of sp³-hybridized carbons (Fsp3) is 0.786. The Labute approximate surface area is 328 Å². The molecular formula is C42H68N6O7. The van der Waals surface area contributed by atoms with E-state index in [0.717, 1.165) is 51.4 Å². The molecule has 4 N–H and O–H groups in total. The van der Waals surface area contributed by atoms with Gasteiger partial charge >= 0.3 is 6.03 Å². The van der Waals surface area contributed by atoms with E-state index in [0.29, 0.717) is 13.0 Å². The van der Waals surface area contributed by atoms with Gasteiger partial charge in [0, 0.05) is 32.5 Å². The molecule has 2 aliphatic heterocycles. The number of fused-ring (bicyclic) bond motifs is 1. The third kappa shape index (κ3) is 10.8. The molecule has 4 fully saturated rings. The minimum atomic E-state index is -1.04. The van der Waals surface area contributed by atoms with Gasteiger partial charge in [-0.25, -0.2) is 4.79 Å². The van der Waals surface area contributed by atoms with Crippen LogP contribution in [0, 0.1) is 34.0 Å². The molecule has 4 rings (SSSR count). The van der Waals surface area contributed by atoms with E-state index in [2.05, 4.69) is 41.7 Å². The molecule has 308 valence electrons. The highest BCUT2D eigenvalue weighted by molar-refractivity contribution is 6.38. The van der Waals surface area contributed by atoms with Gasteiger partial charge < -0.3 is 26.2 Å². The van der Waals surface area contributed by atoms with Gasteiger partial charge in [-0.05, 0) is 66.1 Å². The van der Waals surface area contributed by atoms with Crippen molar-refractivity contribution in [1.29, 1.82) is 0 Å². The summed E-state index contributed by atoms with van der Waals surface area (Å²) in [5, 5.41) is 11.5. The lowest BCUT2D eigenvalue weighted by Gasteiger charge is -2.40. The average Bonchev–Trinajstić information content (AvgIpc) is 3.64. The number of amides is 7. The molecule has 2 aliphatic carbocycles. The van der Waals surface area contributed by atoms with Crippen molar-refractivity contribution in [1.82, 2.24) is 31.1 Å². The molecule has 2 saturated heterocycles. The van der Waals surface area contributed by atoms with Gasteiger partial charge in [-0.3, -0.25) is 33.7 Å². The molecular weight excluding hydrogens is 700 g/mol. The molecule has 0 aromatic rings. The number of hydrogen-bond donors (Lipinski definition) is 4. The van der Waals surface area contributed by atoms with Gasteiger partial charge in [0.25, 0.3) is 5.91 Å². The second-order valence-electron chi connectivity index (χ2n) is 19.1. The van der Waals surface area contributed by atoms with Crippen LogP contribution in [-0.2, 0) is 28.8 Å². The Bertz CT molecular complexity index is 1460. The maximum Gasteiger partial charge on any atom is 0.315 e. The van der Waals surface area contributed by atoms with Gasteiger partial charge in [0.1, 0.15) is 12.1 Å². The number of urea groups is 1. The van der Waals surface area contributed by atoms with E-state index in [1.165, 1.54) is 11.0 Å². The Morgan fingerprint density at radius 2 is 1.56 bits per heavy atom. The summed E-state index contributed by atoms with van der Waals surface area (Å²) >= 11 is 0. The Hall–Kier alpha value is -3.77. The fourth-order valence-electron chi connectivity index (χ4n) is 9.23. The Kier molecular flexibility index (Phi) is 14.4. The zero-order valence-corrected chi connectivity index (χ0v) is 34.7. The molecule has 13 nitrogen and oxygen atoms in total.